The highest BCUT2D eigenvalue weighted by Gasteiger charge is 2.23. The van der Waals surface area contributed by atoms with Crippen LogP contribution in [0.4, 0.5) is 11.4 Å². The van der Waals surface area contributed by atoms with Gasteiger partial charge in [-0.1, -0.05) is 29.8 Å². The number of nitrogens with one attached hydrogen (secondary N) is 2. The predicted molar refractivity (Wildman–Crippen MR) is 146 cm³/mol. The van der Waals surface area contributed by atoms with Gasteiger partial charge in [0.15, 0.2) is 5.11 Å². The summed E-state index contributed by atoms with van der Waals surface area (Å²) in [5.74, 6) is -0.250. The van der Waals surface area contributed by atoms with Crippen LogP contribution in [0.25, 0.3) is 0 Å². The third-order valence-corrected chi connectivity index (χ3v) is 6.60. The number of halogens is 1. The van der Waals surface area contributed by atoms with Gasteiger partial charge in [0.05, 0.1) is 11.4 Å². The molecule has 2 amide bonds. The number of aryl methyl sites for hydroxylation is 2. The Kier molecular flexibility index (Phi) is 7.68. The second-order valence-electron chi connectivity index (χ2n) is 8.51. The van der Waals surface area contributed by atoms with E-state index >= 15 is 0 Å². The summed E-state index contributed by atoms with van der Waals surface area (Å²) >= 11 is 11.4. The van der Waals surface area contributed by atoms with Crippen LogP contribution in [0.3, 0.4) is 0 Å². The van der Waals surface area contributed by atoms with Crippen molar-refractivity contribution in [3.05, 3.63) is 94.0 Å². The molecule has 3 aromatic carbocycles. The first-order chi connectivity index (χ1) is 16.8. The fourth-order valence-corrected chi connectivity index (χ4v) is 4.32. The maximum atomic E-state index is 12.8. The Morgan fingerprint density at radius 1 is 0.857 bits per heavy atom. The fourth-order valence-electron chi connectivity index (χ4n) is 3.99. The number of benzene rings is 3. The Bertz CT molecular complexity index is 1250. The summed E-state index contributed by atoms with van der Waals surface area (Å²) in [6.07, 6.45) is 0. The number of para-hydroxylation sites is 2. The molecule has 1 aliphatic heterocycles. The first-order valence-corrected chi connectivity index (χ1v) is 12.2. The summed E-state index contributed by atoms with van der Waals surface area (Å²) in [5, 5.41) is 6.77. The third kappa shape index (κ3) is 5.99. The number of carbonyl (C=O) groups is 2. The van der Waals surface area contributed by atoms with E-state index in [1.807, 2.05) is 55.1 Å². The number of piperazine rings is 1. The number of amides is 2. The van der Waals surface area contributed by atoms with Gasteiger partial charge in [-0.15, -0.1) is 0 Å². The Morgan fingerprint density at radius 3 is 2.20 bits per heavy atom. The van der Waals surface area contributed by atoms with Gasteiger partial charge in [-0.05, 0) is 85.7 Å². The minimum absolute atomic E-state index is 0.00274. The molecule has 0 bridgehead atoms. The highest BCUT2D eigenvalue weighted by molar-refractivity contribution is 7.80. The van der Waals surface area contributed by atoms with Crippen molar-refractivity contribution in [2.24, 2.45) is 0 Å². The van der Waals surface area contributed by atoms with Crippen LogP contribution in [0.2, 0.25) is 5.02 Å². The molecule has 180 valence electrons. The fraction of sp³-hybridized carbons (Fsp3) is 0.222. The molecule has 1 aliphatic rings. The van der Waals surface area contributed by atoms with Gasteiger partial charge in [0.25, 0.3) is 11.8 Å². The van der Waals surface area contributed by atoms with Crippen molar-refractivity contribution in [1.29, 1.82) is 0 Å². The lowest BCUT2D eigenvalue weighted by Crippen LogP contribution is -2.49. The van der Waals surface area contributed by atoms with Crippen LogP contribution < -0.4 is 15.5 Å². The van der Waals surface area contributed by atoms with Crippen molar-refractivity contribution in [3.63, 3.8) is 0 Å². The van der Waals surface area contributed by atoms with Crippen molar-refractivity contribution in [2.45, 2.75) is 13.8 Å². The van der Waals surface area contributed by atoms with Crippen molar-refractivity contribution in [1.82, 2.24) is 10.2 Å². The van der Waals surface area contributed by atoms with E-state index in [2.05, 4.69) is 15.5 Å². The standard InChI is InChI=1S/C27H27ClN4O2S/c1-18-7-8-21(17-19(18)2)25(33)30-27(35)29-23-5-3-4-6-24(23)31-13-15-32(16-14-31)26(34)20-9-11-22(28)12-10-20/h3-12,17H,13-16H2,1-2H3,(H2,29,30,33,35). The molecule has 8 heteroatoms. The minimum atomic E-state index is -0.252. The second kappa shape index (κ2) is 10.9. The molecule has 1 fully saturated rings. The van der Waals surface area contributed by atoms with E-state index in [1.54, 1.807) is 30.3 Å². The van der Waals surface area contributed by atoms with Gasteiger partial charge in [-0.25, -0.2) is 0 Å². The lowest BCUT2D eigenvalue weighted by molar-refractivity contribution is 0.0746. The molecule has 0 spiro atoms. The molecule has 0 atom stereocenters. The largest absolute Gasteiger partial charge is 0.366 e. The van der Waals surface area contributed by atoms with Crippen LogP contribution in [-0.2, 0) is 0 Å². The molecular weight excluding hydrogens is 480 g/mol. The van der Waals surface area contributed by atoms with Crippen LogP contribution in [0.1, 0.15) is 31.8 Å². The average molecular weight is 507 g/mol. The van der Waals surface area contributed by atoms with E-state index in [1.165, 1.54) is 0 Å². The number of thiocarbonyl (C=S) groups is 1. The molecule has 0 unspecified atom stereocenters. The topological polar surface area (TPSA) is 64.7 Å². The van der Waals surface area contributed by atoms with E-state index < -0.39 is 0 Å². The highest BCUT2D eigenvalue weighted by atomic mass is 35.5. The van der Waals surface area contributed by atoms with E-state index in [9.17, 15) is 9.59 Å². The molecule has 0 radical (unpaired) electrons. The molecule has 1 heterocycles. The molecule has 0 aromatic heterocycles. The maximum Gasteiger partial charge on any atom is 0.257 e. The number of anilines is 2. The molecule has 6 nitrogen and oxygen atoms in total. The van der Waals surface area contributed by atoms with E-state index in [-0.39, 0.29) is 16.9 Å². The van der Waals surface area contributed by atoms with Crippen molar-refractivity contribution < 1.29 is 9.59 Å². The average Bonchev–Trinajstić information content (AvgIpc) is 2.86. The predicted octanol–water partition coefficient (Wildman–Crippen LogP) is 5.05. The van der Waals surface area contributed by atoms with Crippen LogP contribution in [-0.4, -0.2) is 48.0 Å². The Balaban J connectivity index is 1.38. The molecule has 2 N–H and O–H groups in total. The quantitative estimate of drug-likeness (QED) is 0.485. The molecule has 0 aliphatic carbocycles. The van der Waals surface area contributed by atoms with Crippen LogP contribution in [0.5, 0.6) is 0 Å². The first-order valence-electron chi connectivity index (χ1n) is 11.4. The Hall–Kier alpha value is -3.42. The molecule has 35 heavy (non-hydrogen) atoms. The summed E-state index contributed by atoms with van der Waals surface area (Å²) in [5.41, 5.74) is 5.15. The smallest absolute Gasteiger partial charge is 0.257 e. The molecule has 1 saturated heterocycles. The zero-order valence-corrected chi connectivity index (χ0v) is 21.2. The van der Waals surface area contributed by atoms with Gasteiger partial charge in [-0.2, -0.15) is 0 Å². The lowest BCUT2D eigenvalue weighted by atomic mass is 10.1. The number of rotatable bonds is 4. The molecule has 3 aromatic rings. The number of hydrogen-bond acceptors (Lipinski definition) is 4. The van der Waals surface area contributed by atoms with E-state index in [4.69, 9.17) is 23.8 Å². The number of hydrogen-bond donors (Lipinski definition) is 2. The second-order valence-corrected chi connectivity index (χ2v) is 9.36. The summed E-state index contributed by atoms with van der Waals surface area (Å²) in [7, 11) is 0. The Labute approximate surface area is 215 Å². The zero-order valence-electron chi connectivity index (χ0n) is 19.7. The summed E-state index contributed by atoms with van der Waals surface area (Å²) < 4.78 is 0. The molecule has 4 rings (SSSR count). The van der Waals surface area contributed by atoms with Crippen LogP contribution in [0.15, 0.2) is 66.7 Å². The van der Waals surface area contributed by atoms with Crippen LogP contribution >= 0.6 is 23.8 Å². The van der Waals surface area contributed by atoms with Gasteiger partial charge in [-0.3, -0.25) is 14.9 Å². The SMILES string of the molecule is Cc1ccc(C(=O)NC(=S)Nc2ccccc2N2CCN(C(=O)c3ccc(Cl)cc3)CC2)cc1C. The zero-order chi connectivity index (χ0) is 24.9. The summed E-state index contributed by atoms with van der Waals surface area (Å²) in [4.78, 5) is 29.5. The summed E-state index contributed by atoms with van der Waals surface area (Å²) in [6, 6.07) is 20.3. The third-order valence-electron chi connectivity index (χ3n) is 6.15. The van der Waals surface area contributed by atoms with Crippen molar-refractivity contribution in [2.75, 3.05) is 36.4 Å². The normalized spacial score (nSPS) is 13.3. The summed E-state index contributed by atoms with van der Waals surface area (Å²) in [6.45, 7) is 6.54. The van der Waals surface area contributed by atoms with E-state index in [0.29, 0.717) is 42.3 Å². The first kappa shape index (κ1) is 24.7. The van der Waals surface area contributed by atoms with E-state index in [0.717, 1.165) is 22.5 Å². The highest BCUT2D eigenvalue weighted by Crippen LogP contribution is 2.27. The van der Waals surface area contributed by atoms with Crippen molar-refractivity contribution in [3.8, 4) is 0 Å². The van der Waals surface area contributed by atoms with Gasteiger partial charge >= 0.3 is 0 Å². The van der Waals surface area contributed by atoms with Gasteiger partial charge in [0.2, 0.25) is 0 Å². The van der Waals surface area contributed by atoms with Gasteiger partial charge in [0.1, 0.15) is 0 Å². The van der Waals surface area contributed by atoms with Crippen molar-refractivity contribution >= 4 is 52.1 Å². The van der Waals surface area contributed by atoms with Crippen LogP contribution in [0, 0.1) is 13.8 Å². The Morgan fingerprint density at radius 2 is 1.51 bits per heavy atom. The van der Waals surface area contributed by atoms with Gasteiger partial charge < -0.3 is 15.1 Å². The minimum Gasteiger partial charge on any atom is -0.366 e. The molecular formula is C27H27ClN4O2S. The molecule has 0 saturated carbocycles. The number of carbonyl (C=O) groups excluding carboxylic acids is 2. The number of nitrogens with zero attached hydrogens (tertiary/aromatic N) is 2. The monoisotopic (exact) mass is 506 g/mol. The maximum absolute atomic E-state index is 12.8. The lowest BCUT2D eigenvalue weighted by Gasteiger charge is -2.37. The van der Waals surface area contributed by atoms with Gasteiger partial charge in [0, 0.05) is 42.3 Å².